The normalized spacial score (nSPS) is 11.2. The van der Waals surface area contributed by atoms with Crippen LogP contribution in [0.5, 0.6) is 6.01 Å². The van der Waals surface area contributed by atoms with Crippen LogP contribution in [0.2, 0.25) is 0 Å². The van der Waals surface area contributed by atoms with Gasteiger partial charge >= 0.3 is 6.01 Å². The van der Waals surface area contributed by atoms with Crippen LogP contribution < -0.4 is 10.6 Å². The molecule has 1 aromatic rings. The van der Waals surface area contributed by atoms with Crippen molar-refractivity contribution in [1.29, 1.82) is 0 Å². The summed E-state index contributed by atoms with van der Waals surface area (Å²) in [5.74, 6) is 4.74. The van der Waals surface area contributed by atoms with Gasteiger partial charge in [0.15, 0.2) is 11.6 Å². The van der Waals surface area contributed by atoms with E-state index in [0.29, 0.717) is 5.57 Å². The number of nitrogens with two attached hydrogens (primary N) is 1. The summed E-state index contributed by atoms with van der Waals surface area (Å²) in [4.78, 5) is 11.3. The Morgan fingerprint density at radius 1 is 1.68 bits per heavy atom. The monoisotopic (exact) mass is 265 g/mol. The Labute approximate surface area is 111 Å². The number of hydrogen-bond donors (Lipinski definition) is 1. The van der Waals surface area contributed by atoms with E-state index in [4.69, 9.17) is 10.6 Å². The first-order valence-electron chi connectivity index (χ1n) is 5.50. The molecular weight excluding hydrogens is 249 g/mol. The number of hydrogen-bond acceptors (Lipinski definition) is 6. The summed E-state index contributed by atoms with van der Waals surface area (Å²) < 4.78 is 18.5. The average Bonchev–Trinajstić information content (AvgIpc) is 2.37. The Kier molecular flexibility index (Phi) is 5.62. The van der Waals surface area contributed by atoms with Gasteiger partial charge < -0.3 is 9.75 Å². The first kappa shape index (κ1) is 14.8. The van der Waals surface area contributed by atoms with Crippen LogP contribution in [0.25, 0.3) is 0 Å². The summed E-state index contributed by atoms with van der Waals surface area (Å²) in [5, 5.41) is 1.38. The van der Waals surface area contributed by atoms with Crippen LogP contribution in [0.3, 0.4) is 0 Å². The van der Waals surface area contributed by atoms with Crippen molar-refractivity contribution in [2.45, 2.75) is 6.92 Å². The molecule has 0 aromatic carbocycles. The zero-order valence-electron chi connectivity index (χ0n) is 10.9. The molecule has 19 heavy (non-hydrogen) atoms. The van der Waals surface area contributed by atoms with Crippen LogP contribution in [-0.2, 0) is 0 Å². The molecule has 0 saturated heterocycles. The van der Waals surface area contributed by atoms with Gasteiger partial charge in [0.05, 0.1) is 6.20 Å². The third kappa shape index (κ3) is 5.26. The highest BCUT2D eigenvalue weighted by Crippen LogP contribution is 2.16. The van der Waals surface area contributed by atoms with E-state index in [-0.39, 0.29) is 18.4 Å². The van der Waals surface area contributed by atoms with Crippen molar-refractivity contribution in [3.63, 3.8) is 0 Å². The minimum Gasteiger partial charge on any atom is -0.459 e. The average molecular weight is 265 g/mol. The Morgan fingerprint density at radius 3 is 3.05 bits per heavy atom. The summed E-state index contributed by atoms with van der Waals surface area (Å²) in [6.07, 6.45) is 5.77. The summed E-state index contributed by atoms with van der Waals surface area (Å²) in [7, 11) is 1.68. The lowest BCUT2D eigenvalue weighted by molar-refractivity contribution is 0.325. The van der Waals surface area contributed by atoms with E-state index in [2.05, 4.69) is 21.5 Å². The fourth-order valence-corrected chi connectivity index (χ4v) is 1.05. The number of rotatable bonds is 6. The van der Waals surface area contributed by atoms with Crippen LogP contribution in [0, 0.1) is 5.82 Å². The number of hydrazine groups is 1. The summed E-state index contributed by atoms with van der Waals surface area (Å²) in [5.41, 5.74) is 0.672. The molecule has 0 amide bonds. The molecule has 1 aromatic heterocycles. The van der Waals surface area contributed by atoms with E-state index >= 15 is 0 Å². The Hall–Kier alpha value is -2.28. The molecule has 0 bridgehead atoms. The first-order chi connectivity index (χ1) is 9.02. The van der Waals surface area contributed by atoms with Gasteiger partial charge in [-0.15, -0.1) is 0 Å². The van der Waals surface area contributed by atoms with E-state index < -0.39 is 5.82 Å². The van der Waals surface area contributed by atoms with Crippen molar-refractivity contribution < 1.29 is 9.13 Å². The maximum absolute atomic E-state index is 13.2. The highest BCUT2D eigenvalue weighted by atomic mass is 19.1. The molecule has 0 unspecified atom stereocenters. The van der Waals surface area contributed by atoms with Crippen molar-refractivity contribution in [3.8, 4) is 6.01 Å². The molecule has 0 saturated carbocycles. The largest absolute Gasteiger partial charge is 0.459 e. The van der Waals surface area contributed by atoms with Crippen LogP contribution >= 0.6 is 0 Å². The van der Waals surface area contributed by atoms with Crippen molar-refractivity contribution in [3.05, 3.63) is 36.4 Å². The second kappa shape index (κ2) is 7.22. The lowest BCUT2D eigenvalue weighted by Gasteiger charge is -2.06. The van der Waals surface area contributed by atoms with Gasteiger partial charge in [-0.2, -0.15) is 4.98 Å². The highest BCUT2D eigenvalue weighted by Gasteiger charge is 2.06. The maximum Gasteiger partial charge on any atom is 0.318 e. The molecule has 1 rings (SSSR count). The minimum absolute atomic E-state index is 0.0395. The molecule has 0 spiro atoms. The molecule has 0 aliphatic heterocycles. The quantitative estimate of drug-likeness (QED) is 0.366. The van der Waals surface area contributed by atoms with Crippen molar-refractivity contribution in [2.24, 2.45) is 10.8 Å². The smallest absolute Gasteiger partial charge is 0.318 e. The number of aliphatic imine (C=N–C) groups is 1. The molecule has 6 nitrogen and oxygen atoms in total. The van der Waals surface area contributed by atoms with Gasteiger partial charge in [0.2, 0.25) is 0 Å². The molecule has 0 aliphatic rings. The number of ether oxygens (including phenoxy) is 1. The van der Waals surface area contributed by atoms with Crippen LogP contribution in [0.15, 0.2) is 35.6 Å². The van der Waals surface area contributed by atoms with E-state index in [1.165, 1.54) is 11.2 Å². The number of aromatic nitrogens is 2. The van der Waals surface area contributed by atoms with Gasteiger partial charge in [-0.05, 0) is 18.6 Å². The number of nitrogens with zero attached hydrogens (tertiary/aromatic N) is 4. The Bertz CT molecular complexity index is 499. The Balaban J connectivity index is 2.63. The van der Waals surface area contributed by atoms with E-state index in [1.54, 1.807) is 26.2 Å². The molecular formula is C12H16FN5O. The van der Waals surface area contributed by atoms with E-state index in [1.807, 2.05) is 0 Å². The van der Waals surface area contributed by atoms with Crippen molar-refractivity contribution in [1.82, 2.24) is 15.0 Å². The van der Waals surface area contributed by atoms with Crippen LogP contribution in [0.4, 0.5) is 10.2 Å². The van der Waals surface area contributed by atoms with Gasteiger partial charge in [-0.1, -0.05) is 6.58 Å². The van der Waals surface area contributed by atoms with Crippen LogP contribution in [-0.4, -0.2) is 34.8 Å². The second-order valence-corrected chi connectivity index (χ2v) is 3.64. The SMILES string of the molecule is C=C(/C=C\N(C)N)COc1ncc(F)c(N=CC)n1. The predicted molar refractivity (Wildman–Crippen MR) is 71.5 cm³/mol. The number of halogens is 1. The standard InChI is InChI=1S/C12H16FN5O/c1-4-15-11-10(13)7-16-12(17-11)19-8-9(2)5-6-18(3)14/h4-7H,2,8,14H2,1,3H3/b6-5-,15-4?. The van der Waals surface area contributed by atoms with Crippen molar-refractivity contribution in [2.75, 3.05) is 13.7 Å². The fraction of sp³-hybridized carbons (Fsp3) is 0.250. The van der Waals surface area contributed by atoms with E-state index in [9.17, 15) is 4.39 Å². The molecule has 0 fully saturated rings. The molecule has 7 heteroatoms. The van der Waals surface area contributed by atoms with Gasteiger partial charge in [0, 0.05) is 19.5 Å². The maximum atomic E-state index is 13.2. The van der Waals surface area contributed by atoms with Gasteiger partial charge in [0.1, 0.15) is 6.61 Å². The molecule has 102 valence electrons. The predicted octanol–water partition coefficient (Wildman–Crippen LogP) is 1.59. The highest BCUT2D eigenvalue weighted by molar-refractivity contribution is 5.58. The molecule has 1 heterocycles. The van der Waals surface area contributed by atoms with Gasteiger partial charge in [-0.25, -0.2) is 20.2 Å². The molecule has 0 atom stereocenters. The van der Waals surface area contributed by atoms with Crippen molar-refractivity contribution >= 4 is 12.0 Å². The topological polar surface area (TPSA) is 76.6 Å². The molecule has 0 radical (unpaired) electrons. The first-order valence-corrected chi connectivity index (χ1v) is 5.50. The summed E-state index contributed by atoms with van der Waals surface area (Å²) in [6, 6.07) is 0.0395. The zero-order chi connectivity index (χ0) is 14.3. The third-order valence-electron chi connectivity index (χ3n) is 1.89. The second-order valence-electron chi connectivity index (χ2n) is 3.64. The minimum atomic E-state index is -0.603. The van der Waals surface area contributed by atoms with Gasteiger partial charge in [0.25, 0.3) is 0 Å². The Morgan fingerprint density at radius 2 is 2.42 bits per heavy atom. The van der Waals surface area contributed by atoms with Gasteiger partial charge in [-0.3, -0.25) is 0 Å². The summed E-state index contributed by atoms with van der Waals surface area (Å²) >= 11 is 0. The summed E-state index contributed by atoms with van der Waals surface area (Å²) in [6.45, 7) is 5.60. The fourth-order valence-electron chi connectivity index (χ4n) is 1.05. The molecule has 2 N–H and O–H groups in total. The lowest BCUT2D eigenvalue weighted by atomic mass is 10.3. The zero-order valence-corrected chi connectivity index (χ0v) is 10.9. The lowest BCUT2D eigenvalue weighted by Crippen LogP contribution is -2.18. The van der Waals surface area contributed by atoms with E-state index in [0.717, 1.165) is 6.20 Å². The molecule has 0 aliphatic carbocycles. The van der Waals surface area contributed by atoms with Crippen LogP contribution in [0.1, 0.15) is 6.92 Å². The third-order valence-corrected chi connectivity index (χ3v) is 1.89.